The first-order chi connectivity index (χ1) is 7.86. The van der Waals surface area contributed by atoms with E-state index in [1.165, 1.54) is 11.1 Å². The number of quaternary nitrogens is 1. The van der Waals surface area contributed by atoms with Crippen LogP contribution in [0.1, 0.15) is 24.1 Å². The van der Waals surface area contributed by atoms with Crippen molar-refractivity contribution in [3.63, 3.8) is 0 Å². The van der Waals surface area contributed by atoms with E-state index in [0.717, 1.165) is 6.54 Å². The predicted octanol–water partition coefficient (Wildman–Crippen LogP) is 2.51. The second kappa shape index (κ2) is 5.47. The van der Waals surface area contributed by atoms with Crippen LogP contribution in [0.5, 0.6) is 0 Å². The van der Waals surface area contributed by atoms with Gasteiger partial charge >= 0.3 is 0 Å². The fraction of sp³-hybridized carbons (Fsp3) is 0.200. The maximum Gasteiger partial charge on any atom is 0.109 e. The Kier molecular flexibility index (Phi) is 3.73. The van der Waals surface area contributed by atoms with Gasteiger partial charge in [0.25, 0.3) is 0 Å². The van der Waals surface area contributed by atoms with E-state index in [2.05, 4.69) is 72.9 Å². The maximum atomic E-state index is 2.37. The summed E-state index contributed by atoms with van der Waals surface area (Å²) in [5, 5.41) is 2.37. The number of hydrogen-bond acceptors (Lipinski definition) is 0. The van der Waals surface area contributed by atoms with Crippen LogP contribution in [0, 0.1) is 0 Å². The van der Waals surface area contributed by atoms with Crippen LogP contribution in [-0.4, -0.2) is 0 Å². The third-order valence-corrected chi connectivity index (χ3v) is 2.88. The van der Waals surface area contributed by atoms with Gasteiger partial charge in [0.1, 0.15) is 12.6 Å². The van der Waals surface area contributed by atoms with Crippen molar-refractivity contribution in [1.29, 1.82) is 0 Å². The first-order valence-electron chi connectivity index (χ1n) is 5.78. The molecule has 1 nitrogen and oxygen atoms in total. The molecule has 0 aliphatic carbocycles. The predicted molar refractivity (Wildman–Crippen MR) is 66.9 cm³/mol. The summed E-state index contributed by atoms with van der Waals surface area (Å²) in [7, 11) is 0. The molecule has 0 radical (unpaired) electrons. The summed E-state index contributed by atoms with van der Waals surface area (Å²) in [6, 6.07) is 21.7. The fourth-order valence-electron chi connectivity index (χ4n) is 1.82. The van der Waals surface area contributed by atoms with Crippen LogP contribution in [0.25, 0.3) is 0 Å². The topological polar surface area (TPSA) is 16.6 Å². The van der Waals surface area contributed by atoms with E-state index >= 15 is 0 Å². The van der Waals surface area contributed by atoms with Crippen molar-refractivity contribution in [3.8, 4) is 0 Å². The monoisotopic (exact) mass is 212 g/mol. The second-order valence-electron chi connectivity index (χ2n) is 4.12. The van der Waals surface area contributed by atoms with E-state index in [1.807, 2.05) is 0 Å². The first kappa shape index (κ1) is 10.9. The zero-order valence-electron chi connectivity index (χ0n) is 9.64. The molecule has 2 N–H and O–H groups in total. The molecule has 0 fully saturated rings. The molecule has 0 spiro atoms. The average Bonchev–Trinajstić information content (AvgIpc) is 2.38. The summed E-state index contributed by atoms with van der Waals surface area (Å²) >= 11 is 0. The molecule has 0 unspecified atom stereocenters. The van der Waals surface area contributed by atoms with E-state index < -0.39 is 0 Å². The molecule has 2 rings (SSSR count). The molecule has 0 aliphatic heterocycles. The normalized spacial score (nSPS) is 12.3. The molecule has 0 amide bonds. The summed E-state index contributed by atoms with van der Waals surface area (Å²) in [6.07, 6.45) is 0. The zero-order chi connectivity index (χ0) is 11.2. The van der Waals surface area contributed by atoms with Crippen molar-refractivity contribution >= 4 is 0 Å². The number of rotatable bonds is 4. The Bertz CT molecular complexity index is 408. The van der Waals surface area contributed by atoms with Gasteiger partial charge in [-0.3, -0.25) is 0 Å². The van der Waals surface area contributed by atoms with E-state index in [1.54, 1.807) is 0 Å². The summed E-state index contributed by atoms with van der Waals surface area (Å²) in [5.74, 6) is 0. The summed E-state index contributed by atoms with van der Waals surface area (Å²) in [5.41, 5.74) is 2.77. The average molecular weight is 212 g/mol. The van der Waals surface area contributed by atoms with Crippen molar-refractivity contribution in [2.45, 2.75) is 19.5 Å². The Morgan fingerprint density at radius 1 is 0.875 bits per heavy atom. The zero-order valence-corrected chi connectivity index (χ0v) is 9.64. The maximum absolute atomic E-state index is 2.37. The molecular weight excluding hydrogens is 194 g/mol. The fourth-order valence-corrected chi connectivity index (χ4v) is 1.82. The third kappa shape index (κ3) is 2.94. The molecule has 1 heteroatoms. The van der Waals surface area contributed by atoms with Gasteiger partial charge < -0.3 is 5.32 Å². The molecule has 0 saturated carbocycles. The Labute approximate surface area is 97.1 Å². The van der Waals surface area contributed by atoms with Gasteiger partial charge in [0.2, 0.25) is 0 Å². The molecule has 2 aromatic rings. The molecule has 82 valence electrons. The van der Waals surface area contributed by atoms with Crippen LogP contribution < -0.4 is 5.32 Å². The van der Waals surface area contributed by atoms with Crippen LogP contribution in [0.15, 0.2) is 60.7 Å². The lowest BCUT2D eigenvalue weighted by atomic mass is 10.1. The molecule has 1 atom stereocenters. The second-order valence-corrected chi connectivity index (χ2v) is 4.12. The number of nitrogens with two attached hydrogens (primary N) is 1. The SMILES string of the molecule is C[C@H]([NH2+]Cc1ccccc1)c1ccccc1. The summed E-state index contributed by atoms with van der Waals surface area (Å²) in [4.78, 5) is 0. The minimum Gasteiger partial charge on any atom is -0.337 e. The van der Waals surface area contributed by atoms with Gasteiger partial charge in [0, 0.05) is 11.1 Å². The van der Waals surface area contributed by atoms with Gasteiger partial charge in [-0.1, -0.05) is 60.7 Å². The first-order valence-corrected chi connectivity index (χ1v) is 5.78. The minimum absolute atomic E-state index is 0.515. The van der Waals surface area contributed by atoms with Gasteiger partial charge in [0.15, 0.2) is 0 Å². The minimum atomic E-state index is 0.515. The molecule has 0 aliphatic rings. The highest BCUT2D eigenvalue weighted by atomic mass is 14.9. The Morgan fingerprint density at radius 2 is 1.44 bits per heavy atom. The smallest absolute Gasteiger partial charge is 0.109 e. The Hall–Kier alpha value is -1.60. The van der Waals surface area contributed by atoms with Gasteiger partial charge in [-0.15, -0.1) is 0 Å². The quantitative estimate of drug-likeness (QED) is 0.802. The molecule has 16 heavy (non-hydrogen) atoms. The Morgan fingerprint density at radius 3 is 2.06 bits per heavy atom. The van der Waals surface area contributed by atoms with Crippen molar-refractivity contribution in [2.24, 2.45) is 0 Å². The molecule has 2 aromatic carbocycles. The van der Waals surface area contributed by atoms with Crippen LogP contribution in [-0.2, 0) is 6.54 Å². The van der Waals surface area contributed by atoms with Crippen LogP contribution >= 0.6 is 0 Å². The Balaban J connectivity index is 1.92. The van der Waals surface area contributed by atoms with Crippen LogP contribution in [0.3, 0.4) is 0 Å². The van der Waals surface area contributed by atoms with Crippen LogP contribution in [0.2, 0.25) is 0 Å². The van der Waals surface area contributed by atoms with E-state index in [0.29, 0.717) is 6.04 Å². The third-order valence-electron chi connectivity index (χ3n) is 2.88. The van der Waals surface area contributed by atoms with E-state index in [-0.39, 0.29) is 0 Å². The lowest BCUT2D eigenvalue weighted by molar-refractivity contribution is -0.707. The van der Waals surface area contributed by atoms with Crippen molar-refractivity contribution < 1.29 is 5.32 Å². The standard InChI is InChI=1S/C15H17N/c1-13(15-10-6-3-7-11-15)16-12-14-8-4-2-5-9-14/h2-11,13,16H,12H2,1H3/p+1/t13-/m0/s1. The molecule has 0 aromatic heterocycles. The molecule has 0 saturated heterocycles. The number of benzene rings is 2. The highest BCUT2D eigenvalue weighted by Gasteiger charge is 2.06. The highest BCUT2D eigenvalue weighted by molar-refractivity contribution is 5.16. The van der Waals surface area contributed by atoms with E-state index in [9.17, 15) is 0 Å². The molecule has 0 bridgehead atoms. The highest BCUT2D eigenvalue weighted by Crippen LogP contribution is 2.06. The van der Waals surface area contributed by atoms with Gasteiger partial charge in [-0.25, -0.2) is 0 Å². The van der Waals surface area contributed by atoms with Crippen molar-refractivity contribution in [2.75, 3.05) is 0 Å². The van der Waals surface area contributed by atoms with Gasteiger partial charge in [-0.2, -0.15) is 0 Å². The lowest BCUT2D eigenvalue weighted by Gasteiger charge is -2.10. The number of hydrogen-bond donors (Lipinski definition) is 1. The van der Waals surface area contributed by atoms with E-state index in [4.69, 9.17) is 0 Å². The lowest BCUT2D eigenvalue weighted by Crippen LogP contribution is -2.83. The van der Waals surface area contributed by atoms with Gasteiger partial charge in [0.05, 0.1) is 0 Å². The van der Waals surface area contributed by atoms with Crippen molar-refractivity contribution in [1.82, 2.24) is 0 Å². The largest absolute Gasteiger partial charge is 0.337 e. The van der Waals surface area contributed by atoms with Crippen molar-refractivity contribution in [3.05, 3.63) is 71.8 Å². The van der Waals surface area contributed by atoms with Gasteiger partial charge in [-0.05, 0) is 6.92 Å². The summed E-state index contributed by atoms with van der Waals surface area (Å²) in [6.45, 7) is 3.29. The molecule has 0 heterocycles. The van der Waals surface area contributed by atoms with Crippen LogP contribution in [0.4, 0.5) is 0 Å². The molecular formula is C15H18N+. The summed E-state index contributed by atoms with van der Waals surface area (Å²) < 4.78 is 0.